The minimum Gasteiger partial charge on any atom is -0.493 e. The molecule has 2 aromatic heterocycles. The number of hydrogen-bond donors (Lipinski definition) is 1. The van der Waals surface area contributed by atoms with Crippen LogP contribution in [0.5, 0.6) is 5.75 Å². The topological polar surface area (TPSA) is 193 Å². The Hall–Kier alpha value is -5.75. The third-order valence-electron chi connectivity index (χ3n) is 10.4. The number of esters is 1. The van der Waals surface area contributed by atoms with Gasteiger partial charge in [-0.3, -0.25) is 19.0 Å². The van der Waals surface area contributed by atoms with Crippen LogP contribution in [0.2, 0.25) is 5.02 Å². The number of sulfonamides is 1. The normalized spacial score (nSPS) is 12.7. The van der Waals surface area contributed by atoms with Crippen LogP contribution in [0.1, 0.15) is 54.1 Å². The van der Waals surface area contributed by atoms with Gasteiger partial charge in [0, 0.05) is 53.7 Å². The van der Waals surface area contributed by atoms with Crippen LogP contribution in [0.15, 0.2) is 77.7 Å². The van der Waals surface area contributed by atoms with E-state index in [1.165, 1.54) is 29.9 Å². The molecule has 354 valence electrons. The number of aromatic amines is 1. The fourth-order valence-corrected chi connectivity index (χ4v) is 9.66. The molecule has 0 aliphatic rings. The third kappa shape index (κ3) is 10.4. The van der Waals surface area contributed by atoms with Crippen molar-refractivity contribution in [1.82, 2.24) is 19.1 Å². The Balaban J connectivity index is 1.42. The summed E-state index contributed by atoms with van der Waals surface area (Å²) in [5.41, 5.74) is -5.47. The van der Waals surface area contributed by atoms with Gasteiger partial charge in [0.1, 0.15) is 23.9 Å². The second-order valence-corrected chi connectivity index (χ2v) is 18.6. The summed E-state index contributed by atoms with van der Waals surface area (Å²) in [4.78, 5) is 26.7. The van der Waals surface area contributed by atoms with Crippen molar-refractivity contribution in [2.24, 2.45) is 7.05 Å². The lowest BCUT2D eigenvalue weighted by Gasteiger charge is -2.25. The molecular weight excluding hydrogens is 948 g/mol. The summed E-state index contributed by atoms with van der Waals surface area (Å²) >= 11 is 6.94. The summed E-state index contributed by atoms with van der Waals surface area (Å²) < 4.78 is 151. The third-order valence-corrected chi connectivity index (χ3v) is 13.6. The highest BCUT2D eigenvalue weighted by Crippen LogP contribution is 2.42. The van der Waals surface area contributed by atoms with E-state index in [1.54, 1.807) is 44.2 Å². The first-order valence-electron chi connectivity index (χ1n) is 19.9. The van der Waals surface area contributed by atoms with Gasteiger partial charge in [-0.2, -0.15) is 31.0 Å². The number of aromatic nitrogens is 3. The maximum atomic E-state index is 15.2. The lowest BCUT2D eigenvalue weighted by molar-refractivity contribution is -0.387. The maximum Gasteiger partial charge on any atom is 0.523 e. The van der Waals surface area contributed by atoms with E-state index >= 15 is 8.78 Å². The van der Waals surface area contributed by atoms with Gasteiger partial charge in [-0.05, 0) is 73.5 Å². The highest BCUT2D eigenvalue weighted by atomic mass is 35.5. The molecule has 0 atom stereocenters. The van der Waals surface area contributed by atoms with Gasteiger partial charge in [-0.1, -0.05) is 48.9 Å². The molecule has 24 heteroatoms. The number of hydrogen-bond acceptors (Lipinski definition) is 11. The van der Waals surface area contributed by atoms with Crippen molar-refractivity contribution in [3.63, 3.8) is 0 Å². The Kier molecular flexibility index (Phi) is 14.8. The van der Waals surface area contributed by atoms with Crippen molar-refractivity contribution >= 4 is 65.1 Å². The van der Waals surface area contributed by atoms with Crippen molar-refractivity contribution in [2.75, 3.05) is 26.4 Å². The van der Waals surface area contributed by atoms with Crippen LogP contribution in [0.3, 0.4) is 0 Å². The van der Waals surface area contributed by atoms with Crippen molar-refractivity contribution in [3.05, 3.63) is 116 Å². The number of benzene rings is 4. The van der Waals surface area contributed by atoms with Gasteiger partial charge in [0.25, 0.3) is 11.6 Å². The van der Waals surface area contributed by atoms with Crippen LogP contribution >= 0.6 is 11.6 Å². The molecule has 0 saturated carbocycles. The van der Waals surface area contributed by atoms with E-state index < -0.39 is 85.0 Å². The summed E-state index contributed by atoms with van der Waals surface area (Å²) in [6.07, 6.45) is -0.824. The molecule has 0 saturated heterocycles. The highest BCUT2D eigenvalue weighted by molar-refractivity contribution is 7.89. The predicted octanol–water partition coefficient (Wildman–Crippen LogP) is 9.26. The minimum atomic E-state index is -6.47. The van der Waals surface area contributed by atoms with E-state index in [0.717, 1.165) is 24.3 Å². The Morgan fingerprint density at radius 1 is 0.970 bits per heavy atom. The minimum absolute atomic E-state index is 0.00592. The molecule has 6 aromatic rings. The maximum absolute atomic E-state index is 15.2. The Bertz CT molecular complexity index is 3040. The molecule has 66 heavy (non-hydrogen) atoms. The largest absolute Gasteiger partial charge is 0.523 e. The van der Waals surface area contributed by atoms with Crippen LogP contribution in [-0.4, -0.2) is 84.6 Å². The quantitative estimate of drug-likeness (QED) is 0.0146. The summed E-state index contributed by atoms with van der Waals surface area (Å²) in [6.45, 7) is -0.944. The number of H-pyrrole nitrogens is 1. The van der Waals surface area contributed by atoms with Crippen molar-refractivity contribution in [1.29, 1.82) is 0 Å². The lowest BCUT2D eigenvalue weighted by Crippen LogP contribution is -2.38. The predicted molar refractivity (Wildman–Crippen MR) is 230 cm³/mol. The summed E-state index contributed by atoms with van der Waals surface area (Å²) in [5.74, 6) is -5.02. The molecule has 0 aliphatic heterocycles. The standard InChI is InChI=1S/C42H40ClF6N5O10S2/c1-4-32-37(31(51-52(32)3)23-53(65(58,59)35-14-7-6-12-33(35)54(56)57)20-19-41(45,46)24-64-66(60,61)42(47,48)49)36-30(43)18-17-29-28(39(50-38(29)36)40(55)62-5-2)11-9-21-63-34-13-8-10-25-22-26(44)15-16-27(25)34/h6-8,10,12-18,22,50H,4-5,9,11,19-21,23-24H2,1-3H3. The van der Waals surface area contributed by atoms with Gasteiger partial charge in [0.2, 0.25) is 10.0 Å². The van der Waals surface area contributed by atoms with Crippen LogP contribution in [0, 0.1) is 15.9 Å². The number of nitro benzene ring substituents is 1. The number of nitro groups is 1. The Morgan fingerprint density at radius 2 is 1.68 bits per heavy atom. The van der Waals surface area contributed by atoms with Gasteiger partial charge in [0.05, 0.1) is 40.9 Å². The van der Waals surface area contributed by atoms with Crippen LogP contribution < -0.4 is 4.74 Å². The molecule has 0 amide bonds. The van der Waals surface area contributed by atoms with E-state index in [9.17, 15) is 49.3 Å². The smallest absolute Gasteiger partial charge is 0.493 e. The van der Waals surface area contributed by atoms with E-state index in [0.29, 0.717) is 43.9 Å². The van der Waals surface area contributed by atoms with E-state index in [2.05, 4.69) is 14.3 Å². The van der Waals surface area contributed by atoms with Crippen molar-refractivity contribution in [2.45, 2.75) is 62.4 Å². The molecule has 0 bridgehead atoms. The Morgan fingerprint density at radius 3 is 2.36 bits per heavy atom. The van der Waals surface area contributed by atoms with E-state index in [4.69, 9.17) is 21.1 Å². The first kappa shape index (κ1) is 49.7. The molecule has 0 aliphatic carbocycles. The fraction of sp³-hybridized carbons (Fsp3) is 0.333. The SMILES string of the molecule is CCOC(=O)c1[nH]c2c(-c3c(CN(CCC(F)(F)COS(=O)(=O)C(F)(F)F)S(=O)(=O)c4ccccc4[N+](=O)[O-])nn(C)c3CC)c(Cl)ccc2c1CCCOc1cccc2cc(F)ccc12. The zero-order valence-corrected chi connectivity index (χ0v) is 37.5. The number of carbonyl (C=O) groups excluding carboxylic acids is 1. The zero-order valence-electron chi connectivity index (χ0n) is 35.1. The summed E-state index contributed by atoms with van der Waals surface area (Å²) in [7, 11) is -10.1. The van der Waals surface area contributed by atoms with Gasteiger partial charge >= 0.3 is 21.6 Å². The van der Waals surface area contributed by atoms with Gasteiger partial charge < -0.3 is 14.5 Å². The zero-order chi connectivity index (χ0) is 48.4. The monoisotopic (exact) mass is 987 g/mol. The molecule has 15 nitrogen and oxygen atoms in total. The van der Waals surface area contributed by atoms with E-state index in [1.807, 2.05) is 0 Å². The number of nitrogens with zero attached hydrogens (tertiary/aromatic N) is 4. The summed E-state index contributed by atoms with van der Waals surface area (Å²) in [6, 6.07) is 16.7. The Labute approximate surface area is 378 Å². The highest BCUT2D eigenvalue weighted by Gasteiger charge is 2.49. The van der Waals surface area contributed by atoms with Gasteiger partial charge in [-0.25, -0.2) is 26.4 Å². The second kappa shape index (κ2) is 19.6. The second-order valence-electron chi connectivity index (χ2n) is 14.7. The number of fused-ring (bicyclic) bond motifs is 2. The fourth-order valence-electron chi connectivity index (χ4n) is 7.39. The molecule has 0 unspecified atom stereocenters. The molecule has 6 rings (SSSR count). The van der Waals surface area contributed by atoms with Crippen molar-refractivity contribution < 1.29 is 66.6 Å². The van der Waals surface area contributed by atoms with Gasteiger partial charge in [0.15, 0.2) is 4.90 Å². The molecule has 0 spiro atoms. The number of halogens is 7. The first-order valence-corrected chi connectivity index (χ1v) is 23.2. The number of ether oxygens (including phenoxy) is 2. The molecule has 2 heterocycles. The number of para-hydroxylation sites is 1. The molecule has 1 N–H and O–H groups in total. The molecule has 0 radical (unpaired) electrons. The molecule has 4 aromatic carbocycles. The molecular formula is C42H40ClF6N5O10S2. The average Bonchev–Trinajstić information content (AvgIpc) is 3.78. The number of carbonyl (C=O) groups is 1. The molecule has 0 fully saturated rings. The number of nitrogens with one attached hydrogen (secondary N) is 1. The van der Waals surface area contributed by atoms with Crippen LogP contribution in [0.25, 0.3) is 32.8 Å². The van der Waals surface area contributed by atoms with Crippen LogP contribution in [-0.2, 0) is 55.5 Å². The number of rotatable bonds is 20. The summed E-state index contributed by atoms with van der Waals surface area (Å²) in [5, 5.41) is 18.4. The van der Waals surface area contributed by atoms with Gasteiger partial charge in [-0.15, -0.1) is 0 Å². The van der Waals surface area contributed by atoms with E-state index in [-0.39, 0.29) is 59.1 Å². The average molecular weight is 988 g/mol. The van der Waals surface area contributed by atoms with Crippen LogP contribution in [0.4, 0.5) is 32.0 Å². The lowest BCUT2D eigenvalue weighted by atomic mass is 9.97. The van der Waals surface area contributed by atoms with Crippen molar-refractivity contribution in [3.8, 4) is 16.9 Å². The first-order chi connectivity index (χ1) is 31.0. The number of aryl methyl sites for hydroxylation is 2. The number of alkyl halides is 5.